The van der Waals surface area contributed by atoms with Crippen LogP contribution in [0, 0.1) is 5.92 Å². The number of nitrogen functional groups attached to an aromatic ring is 1. The number of hydrogen-bond acceptors (Lipinski definition) is 4. The number of rotatable bonds is 4. The second-order valence-corrected chi connectivity index (χ2v) is 7.13. The van der Waals surface area contributed by atoms with Gasteiger partial charge in [0.25, 0.3) is 0 Å². The molecular formula is C14H19N3O3S. The zero-order valence-corrected chi connectivity index (χ0v) is 12.4. The van der Waals surface area contributed by atoms with Crippen molar-refractivity contribution in [1.29, 1.82) is 0 Å². The fourth-order valence-corrected chi connectivity index (χ4v) is 3.89. The van der Waals surface area contributed by atoms with Gasteiger partial charge in [-0.05, 0) is 37.0 Å². The van der Waals surface area contributed by atoms with Gasteiger partial charge in [0.2, 0.25) is 10.0 Å². The Morgan fingerprint density at radius 2 is 2.29 bits per heavy atom. The Labute approximate surface area is 123 Å². The van der Waals surface area contributed by atoms with Crippen molar-refractivity contribution in [1.82, 2.24) is 9.71 Å². The van der Waals surface area contributed by atoms with E-state index in [0.717, 1.165) is 25.0 Å². The largest absolute Gasteiger partial charge is 0.399 e. The summed E-state index contributed by atoms with van der Waals surface area (Å²) in [6, 6.07) is 5.19. The van der Waals surface area contributed by atoms with Crippen molar-refractivity contribution in [3.8, 4) is 0 Å². The molecule has 0 aliphatic carbocycles. The quantitative estimate of drug-likeness (QED) is 0.745. The summed E-state index contributed by atoms with van der Waals surface area (Å²) in [5.74, 6) is 0.240. The van der Waals surface area contributed by atoms with Crippen molar-refractivity contribution in [3.63, 3.8) is 0 Å². The van der Waals surface area contributed by atoms with Crippen LogP contribution in [0.1, 0.15) is 12.8 Å². The summed E-state index contributed by atoms with van der Waals surface area (Å²) >= 11 is 0. The number of anilines is 1. The molecule has 7 heteroatoms. The van der Waals surface area contributed by atoms with E-state index >= 15 is 0 Å². The van der Waals surface area contributed by atoms with E-state index in [-0.39, 0.29) is 10.8 Å². The second kappa shape index (κ2) is 5.67. The number of H-pyrrole nitrogens is 1. The van der Waals surface area contributed by atoms with Gasteiger partial charge in [-0.3, -0.25) is 0 Å². The lowest BCUT2D eigenvalue weighted by Gasteiger charge is -2.22. The third-order valence-electron chi connectivity index (χ3n) is 3.77. The van der Waals surface area contributed by atoms with Crippen molar-refractivity contribution in [3.05, 3.63) is 24.4 Å². The number of nitrogens with two attached hydrogens (primary N) is 1. The molecule has 0 spiro atoms. The summed E-state index contributed by atoms with van der Waals surface area (Å²) in [6.45, 7) is 1.78. The highest BCUT2D eigenvalue weighted by atomic mass is 32.2. The number of benzene rings is 1. The SMILES string of the molecule is Nc1ccc2[nH]cc(S(=O)(=O)NCC3CCCOC3)c2c1. The van der Waals surface area contributed by atoms with Crippen LogP contribution in [0.15, 0.2) is 29.3 Å². The van der Waals surface area contributed by atoms with Crippen LogP contribution in [0.5, 0.6) is 0 Å². The normalized spacial score (nSPS) is 19.9. The monoisotopic (exact) mass is 309 g/mol. The van der Waals surface area contributed by atoms with Crippen LogP contribution in [0.25, 0.3) is 10.9 Å². The minimum Gasteiger partial charge on any atom is -0.399 e. The molecule has 0 bridgehead atoms. The lowest BCUT2D eigenvalue weighted by atomic mass is 10.0. The Morgan fingerprint density at radius 3 is 3.05 bits per heavy atom. The number of hydrogen-bond donors (Lipinski definition) is 3. The zero-order valence-electron chi connectivity index (χ0n) is 11.6. The molecule has 21 heavy (non-hydrogen) atoms. The molecule has 114 valence electrons. The van der Waals surface area contributed by atoms with Crippen LogP contribution in [-0.4, -0.2) is 33.2 Å². The van der Waals surface area contributed by atoms with E-state index in [0.29, 0.717) is 24.2 Å². The molecule has 6 nitrogen and oxygen atoms in total. The molecule has 3 rings (SSSR count). The predicted octanol–water partition coefficient (Wildman–Crippen LogP) is 1.45. The number of ether oxygens (including phenoxy) is 1. The van der Waals surface area contributed by atoms with Gasteiger partial charge in [-0.1, -0.05) is 0 Å². The molecule has 0 radical (unpaired) electrons. The Balaban J connectivity index is 1.81. The predicted molar refractivity (Wildman–Crippen MR) is 81.4 cm³/mol. The summed E-state index contributed by atoms with van der Waals surface area (Å²) in [7, 11) is -3.55. The van der Waals surface area contributed by atoms with Crippen LogP contribution in [0.3, 0.4) is 0 Å². The van der Waals surface area contributed by atoms with Gasteiger partial charge >= 0.3 is 0 Å². The molecule has 1 aliphatic heterocycles. The number of nitrogens with one attached hydrogen (secondary N) is 2. The molecule has 1 atom stereocenters. The van der Waals surface area contributed by atoms with Crippen molar-refractivity contribution in [2.75, 3.05) is 25.5 Å². The molecule has 0 amide bonds. The fraction of sp³-hybridized carbons (Fsp3) is 0.429. The molecule has 2 heterocycles. The van der Waals surface area contributed by atoms with E-state index in [1.54, 1.807) is 18.2 Å². The molecule has 2 aromatic rings. The van der Waals surface area contributed by atoms with Crippen LogP contribution in [0.4, 0.5) is 5.69 Å². The van der Waals surface area contributed by atoms with E-state index in [1.165, 1.54) is 6.20 Å². The summed E-state index contributed by atoms with van der Waals surface area (Å²) in [5.41, 5.74) is 7.04. The lowest BCUT2D eigenvalue weighted by Crippen LogP contribution is -2.33. The van der Waals surface area contributed by atoms with Crippen LogP contribution >= 0.6 is 0 Å². The number of aromatic nitrogens is 1. The molecule has 1 aromatic carbocycles. The van der Waals surface area contributed by atoms with E-state index in [1.807, 2.05) is 0 Å². The van der Waals surface area contributed by atoms with Gasteiger partial charge in [0.15, 0.2) is 0 Å². The fourth-order valence-electron chi connectivity index (χ4n) is 2.61. The van der Waals surface area contributed by atoms with Crippen LogP contribution in [0.2, 0.25) is 0 Å². The van der Waals surface area contributed by atoms with Gasteiger partial charge in [0, 0.05) is 35.9 Å². The average molecular weight is 309 g/mol. The summed E-state index contributed by atoms with van der Waals surface area (Å²) in [6.07, 6.45) is 3.48. The van der Waals surface area contributed by atoms with Crippen LogP contribution in [-0.2, 0) is 14.8 Å². The van der Waals surface area contributed by atoms with Crippen LogP contribution < -0.4 is 10.5 Å². The van der Waals surface area contributed by atoms with E-state index in [2.05, 4.69) is 9.71 Å². The van der Waals surface area contributed by atoms with E-state index < -0.39 is 10.0 Å². The molecule has 1 aliphatic rings. The van der Waals surface area contributed by atoms with Crippen molar-refractivity contribution in [2.45, 2.75) is 17.7 Å². The Kier molecular flexibility index (Phi) is 3.88. The summed E-state index contributed by atoms with van der Waals surface area (Å²) in [5, 5.41) is 0.613. The van der Waals surface area contributed by atoms with Gasteiger partial charge in [-0.15, -0.1) is 0 Å². The summed E-state index contributed by atoms with van der Waals surface area (Å²) in [4.78, 5) is 3.20. The maximum atomic E-state index is 12.4. The molecule has 4 N–H and O–H groups in total. The first-order valence-electron chi connectivity index (χ1n) is 7.00. The standard InChI is InChI=1S/C14H19N3O3S/c15-11-3-4-13-12(6-11)14(8-16-13)21(18,19)17-7-10-2-1-5-20-9-10/h3-4,6,8,10,16-17H,1-2,5,7,9,15H2. The van der Waals surface area contributed by atoms with Gasteiger partial charge in [0.05, 0.1) is 6.61 Å². The molecule has 1 fully saturated rings. The number of fused-ring (bicyclic) bond motifs is 1. The second-order valence-electron chi connectivity index (χ2n) is 5.39. The topological polar surface area (TPSA) is 97.2 Å². The highest BCUT2D eigenvalue weighted by Gasteiger charge is 2.22. The molecule has 0 saturated carbocycles. The lowest BCUT2D eigenvalue weighted by molar-refractivity contribution is 0.0568. The van der Waals surface area contributed by atoms with Crippen molar-refractivity contribution < 1.29 is 13.2 Å². The highest BCUT2D eigenvalue weighted by Crippen LogP contribution is 2.25. The first kappa shape index (κ1) is 14.4. The van der Waals surface area contributed by atoms with E-state index in [9.17, 15) is 8.42 Å². The maximum absolute atomic E-state index is 12.4. The highest BCUT2D eigenvalue weighted by molar-refractivity contribution is 7.89. The number of sulfonamides is 1. The molecular weight excluding hydrogens is 290 g/mol. The first-order chi connectivity index (χ1) is 10.1. The minimum atomic E-state index is -3.55. The molecule has 1 unspecified atom stereocenters. The number of aromatic amines is 1. The molecule has 1 aromatic heterocycles. The van der Waals surface area contributed by atoms with Gasteiger partial charge < -0.3 is 15.5 Å². The Hall–Kier alpha value is -1.57. The first-order valence-corrected chi connectivity index (χ1v) is 8.48. The van der Waals surface area contributed by atoms with Gasteiger partial charge in [0.1, 0.15) is 4.90 Å². The van der Waals surface area contributed by atoms with E-state index in [4.69, 9.17) is 10.5 Å². The van der Waals surface area contributed by atoms with Gasteiger partial charge in [-0.25, -0.2) is 13.1 Å². The Bertz CT molecular complexity index is 733. The molecule has 1 saturated heterocycles. The summed E-state index contributed by atoms with van der Waals surface area (Å²) < 4.78 is 32.9. The van der Waals surface area contributed by atoms with Gasteiger partial charge in [-0.2, -0.15) is 0 Å². The minimum absolute atomic E-state index is 0.238. The smallest absolute Gasteiger partial charge is 0.242 e. The van der Waals surface area contributed by atoms with Crippen molar-refractivity contribution >= 4 is 26.6 Å². The van der Waals surface area contributed by atoms with Crippen molar-refractivity contribution in [2.24, 2.45) is 5.92 Å². The zero-order chi connectivity index (χ0) is 14.9. The maximum Gasteiger partial charge on any atom is 0.242 e. The Morgan fingerprint density at radius 1 is 1.43 bits per heavy atom. The third-order valence-corrected chi connectivity index (χ3v) is 5.24. The average Bonchev–Trinajstić information content (AvgIpc) is 2.90. The third kappa shape index (κ3) is 3.04.